The fourth-order valence-corrected chi connectivity index (χ4v) is 6.33. The Morgan fingerprint density at radius 2 is 2.03 bits per heavy atom. The lowest BCUT2D eigenvalue weighted by atomic mass is 9.78. The smallest absolute Gasteiger partial charge is 0.256 e. The van der Waals surface area contributed by atoms with Crippen molar-refractivity contribution in [2.45, 2.75) is 64.0 Å². The van der Waals surface area contributed by atoms with Crippen molar-refractivity contribution < 1.29 is 24.0 Å². The first-order valence-electron chi connectivity index (χ1n) is 12.7. The van der Waals surface area contributed by atoms with E-state index in [9.17, 15) is 14.7 Å². The fourth-order valence-electron chi connectivity index (χ4n) is 5.52. The number of aliphatic hydroxyl groups is 1. The number of methoxy groups -OCH3 is 1. The normalized spacial score (nSPS) is 24.2. The van der Waals surface area contributed by atoms with Crippen LogP contribution in [0.2, 0.25) is 0 Å². The Kier molecular flexibility index (Phi) is 6.96. The Morgan fingerprint density at radius 1 is 1.29 bits per heavy atom. The van der Waals surface area contributed by atoms with Crippen molar-refractivity contribution in [2.24, 2.45) is 10.9 Å². The second kappa shape index (κ2) is 10.1. The number of aromatic nitrogens is 2. The van der Waals surface area contributed by atoms with Crippen LogP contribution in [0.1, 0.15) is 56.5 Å². The summed E-state index contributed by atoms with van der Waals surface area (Å²) in [7, 11) is 1.49. The van der Waals surface area contributed by atoms with Crippen LogP contribution < -0.4 is 4.74 Å². The number of ether oxygens (including phenoxy) is 1. The highest BCUT2D eigenvalue weighted by Crippen LogP contribution is 2.40. The minimum atomic E-state index is -0.839. The Hall–Kier alpha value is -3.37. The fraction of sp³-hybridized carbons (Fsp3) is 0.464. The zero-order chi connectivity index (χ0) is 27.2. The van der Waals surface area contributed by atoms with Gasteiger partial charge in [0.2, 0.25) is 5.91 Å². The number of nitrogens with zero attached hydrogens (tertiary/aromatic N) is 4. The highest BCUT2D eigenvalue weighted by Gasteiger charge is 2.48. The zero-order valence-electron chi connectivity index (χ0n) is 22.2. The summed E-state index contributed by atoms with van der Waals surface area (Å²) in [6, 6.07) is 9.14. The molecular formula is C28H32N4O5S. The number of rotatable bonds is 7. The molecule has 38 heavy (non-hydrogen) atoms. The summed E-state index contributed by atoms with van der Waals surface area (Å²) < 4.78 is 10.6. The molecule has 3 aromatic rings. The molecule has 5 rings (SSSR count). The molecule has 2 amide bonds. The molecule has 4 atom stereocenters. The molecule has 1 fully saturated rings. The molecule has 10 heteroatoms. The summed E-state index contributed by atoms with van der Waals surface area (Å²) in [5.41, 5.74) is 4.52. The molecular weight excluding hydrogens is 504 g/mol. The lowest BCUT2D eigenvalue weighted by Gasteiger charge is -2.30. The summed E-state index contributed by atoms with van der Waals surface area (Å²) >= 11 is 1.59. The van der Waals surface area contributed by atoms with Crippen molar-refractivity contribution >= 4 is 28.9 Å². The van der Waals surface area contributed by atoms with E-state index < -0.39 is 23.5 Å². The van der Waals surface area contributed by atoms with E-state index in [0.717, 1.165) is 21.7 Å². The van der Waals surface area contributed by atoms with Gasteiger partial charge >= 0.3 is 0 Å². The van der Waals surface area contributed by atoms with Gasteiger partial charge in [0.1, 0.15) is 5.92 Å². The molecule has 0 radical (unpaired) electrons. The van der Waals surface area contributed by atoms with Crippen LogP contribution in [0, 0.1) is 12.8 Å². The quantitative estimate of drug-likeness (QED) is 0.482. The molecule has 1 aromatic carbocycles. The molecule has 2 aliphatic rings. The average Bonchev–Trinajstić information content (AvgIpc) is 3.67. The number of likely N-dealkylation sites (tertiary alicyclic amines) is 1. The Bertz CT molecular complexity index is 1380. The van der Waals surface area contributed by atoms with Gasteiger partial charge in [0.05, 0.1) is 40.8 Å². The lowest BCUT2D eigenvalue weighted by molar-refractivity contribution is -0.134. The molecule has 2 aliphatic heterocycles. The second-order valence-corrected chi connectivity index (χ2v) is 11.5. The minimum Gasteiger partial charge on any atom is -0.479 e. The van der Waals surface area contributed by atoms with Crippen molar-refractivity contribution in [2.75, 3.05) is 13.7 Å². The molecule has 1 N–H and O–H groups in total. The van der Waals surface area contributed by atoms with E-state index in [4.69, 9.17) is 9.26 Å². The van der Waals surface area contributed by atoms with Crippen molar-refractivity contribution in [3.63, 3.8) is 0 Å². The number of aliphatic hydroxyl groups excluding tert-OH is 1. The predicted octanol–water partition coefficient (Wildman–Crippen LogP) is 4.15. The SMILES string of the molecule is COc1cc([C@@H](C(=O)N2C[C@H](O)C[C@H]2C2=NC(=O)[C@](C)(c3ccc(-c4scnc4C)cc3)C2)C(C)C)on1. The van der Waals surface area contributed by atoms with E-state index in [1.54, 1.807) is 22.3 Å². The van der Waals surface area contributed by atoms with Crippen LogP contribution in [0.25, 0.3) is 10.4 Å². The molecule has 0 spiro atoms. The number of aliphatic imine (C=N–C) groups is 1. The van der Waals surface area contributed by atoms with Gasteiger partial charge in [0, 0.05) is 31.2 Å². The summed E-state index contributed by atoms with van der Waals surface area (Å²) in [6.07, 6.45) is 0.0174. The monoisotopic (exact) mass is 536 g/mol. The van der Waals surface area contributed by atoms with Gasteiger partial charge in [-0.2, -0.15) is 0 Å². The number of hydrogen-bond donors (Lipinski definition) is 1. The van der Waals surface area contributed by atoms with E-state index in [-0.39, 0.29) is 24.3 Å². The summed E-state index contributed by atoms with van der Waals surface area (Å²) in [5.74, 6) is -0.401. The maximum absolute atomic E-state index is 13.8. The van der Waals surface area contributed by atoms with Crippen molar-refractivity contribution in [3.8, 4) is 16.3 Å². The van der Waals surface area contributed by atoms with Gasteiger partial charge in [0.15, 0.2) is 5.76 Å². The first-order chi connectivity index (χ1) is 18.1. The minimum absolute atomic E-state index is 0.0864. The topological polar surface area (TPSA) is 118 Å². The van der Waals surface area contributed by atoms with Gasteiger partial charge in [-0.15, -0.1) is 11.3 Å². The summed E-state index contributed by atoms with van der Waals surface area (Å²) in [5, 5.41) is 14.4. The molecule has 0 saturated carbocycles. The number of amides is 2. The van der Waals surface area contributed by atoms with Crippen LogP contribution in [-0.2, 0) is 15.0 Å². The average molecular weight is 537 g/mol. The Labute approximate surface area is 225 Å². The van der Waals surface area contributed by atoms with Gasteiger partial charge < -0.3 is 19.3 Å². The van der Waals surface area contributed by atoms with Crippen molar-refractivity contribution in [3.05, 3.63) is 52.9 Å². The van der Waals surface area contributed by atoms with Gasteiger partial charge in [-0.1, -0.05) is 38.1 Å². The number of aryl methyl sites for hydroxylation is 1. The molecule has 9 nitrogen and oxygen atoms in total. The van der Waals surface area contributed by atoms with E-state index in [1.807, 2.05) is 57.5 Å². The Balaban J connectivity index is 1.39. The van der Waals surface area contributed by atoms with Crippen LogP contribution in [0.15, 0.2) is 45.4 Å². The third kappa shape index (κ3) is 4.56. The number of carbonyl (C=O) groups excluding carboxylic acids is 2. The standard InChI is InChI=1S/C28H32N4O5S/c1-15(2)24(22-11-23(36-5)31-37-22)26(34)32-13-19(33)10-21(32)20-12-28(4,27(35)30-20)18-8-6-17(7-9-18)25-16(3)29-14-38-25/h6-9,11,14-15,19,21,24,33H,10,12-13H2,1-5H3/t19-,21+,24+,28+/m1/s1. The van der Waals surface area contributed by atoms with Crippen molar-refractivity contribution in [1.82, 2.24) is 15.0 Å². The van der Waals surface area contributed by atoms with Crippen LogP contribution in [0.3, 0.4) is 0 Å². The number of β-amino-alcohol motifs (C(OH)–C–C–N with tert-alkyl or cyclic N) is 1. The first-order valence-corrected chi connectivity index (χ1v) is 13.6. The number of thiazole rings is 1. The second-order valence-electron chi connectivity index (χ2n) is 10.7. The van der Waals surface area contributed by atoms with Crippen molar-refractivity contribution in [1.29, 1.82) is 0 Å². The maximum atomic E-state index is 13.8. The van der Waals surface area contributed by atoms with E-state index in [2.05, 4.69) is 15.1 Å². The van der Waals surface area contributed by atoms with E-state index >= 15 is 0 Å². The lowest BCUT2D eigenvalue weighted by Crippen LogP contribution is -2.44. The molecule has 200 valence electrons. The molecule has 4 heterocycles. The summed E-state index contributed by atoms with van der Waals surface area (Å²) in [4.78, 5) is 38.7. The number of hydrogen-bond acceptors (Lipinski definition) is 8. The van der Waals surface area contributed by atoms with E-state index in [1.165, 1.54) is 7.11 Å². The molecule has 2 aromatic heterocycles. The molecule has 1 saturated heterocycles. The molecule has 0 bridgehead atoms. The molecule has 0 aliphatic carbocycles. The van der Waals surface area contributed by atoms with E-state index in [0.29, 0.717) is 30.2 Å². The molecule has 0 unspecified atom stereocenters. The number of carbonyl (C=O) groups is 2. The highest BCUT2D eigenvalue weighted by atomic mass is 32.1. The first kappa shape index (κ1) is 26.2. The number of benzene rings is 1. The van der Waals surface area contributed by atoms with Gasteiger partial charge in [0.25, 0.3) is 11.8 Å². The van der Waals surface area contributed by atoms with Crippen LogP contribution in [-0.4, -0.2) is 63.5 Å². The van der Waals surface area contributed by atoms with Gasteiger partial charge in [-0.25, -0.2) is 9.98 Å². The van der Waals surface area contributed by atoms with Crippen LogP contribution in [0.5, 0.6) is 5.88 Å². The third-order valence-corrected chi connectivity index (χ3v) is 8.66. The maximum Gasteiger partial charge on any atom is 0.256 e. The van der Waals surface area contributed by atoms with Crippen LogP contribution in [0.4, 0.5) is 0 Å². The van der Waals surface area contributed by atoms with Crippen LogP contribution >= 0.6 is 11.3 Å². The van der Waals surface area contributed by atoms with Gasteiger partial charge in [-0.3, -0.25) is 9.59 Å². The highest BCUT2D eigenvalue weighted by molar-refractivity contribution is 7.13. The predicted molar refractivity (Wildman–Crippen MR) is 143 cm³/mol. The Morgan fingerprint density at radius 3 is 2.63 bits per heavy atom. The zero-order valence-corrected chi connectivity index (χ0v) is 23.0. The third-order valence-electron chi connectivity index (χ3n) is 7.68. The summed E-state index contributed by atoms with van der Waals surface area (Å²) in [6.45, 7) is 7.92. The van der Waals surface area contributed by atoms with Gasteiger partial charge in [-0.05, 0) is 36.0 Å². The largest absolute Gasteiger partial charge is 0.479 e.